The van der Waals surface area contributed by atoms with Gasteiger partial charge in [0.15, 0.2) is 0 Å². The molecule has 1 aromatic carbocycles. The Morgan fingerprint density at radius 1 is 1.43 bits per heavy atom. The molecule has 0 spiro atoms. The van der Waals surface area contributed by atoms with Crippen LogP contribution in [0, 0.1) is 0 Å². The number of nitrogens with zero attached hydrogens (tertiary/aromatic N) is 1. The first-order valence-electron chi connectivity index (χ1n) is 4.58. The molecule has 74 valence electrons. The Kier molecular flexibility index (Phi) is 2.72. The zero-order chi connectivity index (χ0) is 9.97. The SMILES string of the molecule is O=C1CCCN1Nc1cccc(Br)c1. The maximum Gasteiger partial charge on any atom is 0.240 e. The molecule has 1 fully saturated rings. The second-order valence-corrected chi connectivity index (χ2v) is 4.19. The van der Waals surface area contributed by atoms with E-state index in [-0.39, 0.29) is 5.91 Å². The number of hydrogen-bond acceptors (Lipinski definition) is 2. The van der Waals surface area contributed by atoms with Gasteiger partial charge in [-0.3, -0.25) is 15.2 Å². The first-order chi connectivity index (χ1) is 6.75. The molecule has 0 atom stereocenters. The quantitative estimate of drug-likeness (QED) is 0.880. The highest BCUT2D eigenvalue weighted by Crippen LogP contribution is 2.18. The average molecular weight is 255 g/mol. The van der Waals surface area contributed by atoms with Crippen LogP contribution in [0.5, 0.6) is 0 Å². The largest absolute Gasteiger partial charge is 0.296 e. The summed E-state index contributed by atoms with van der Waals surface area (Å²) in [5.41, 5.74) is 4.02. The van der Waals surface area contributed by atoms with E-state index in [0.717, 1.165) is 23.1 Å². The minimum Gasteiger partial charge on any atom is -0.296 e. The Hall–Kier alpha value is -1.03. The molecular weight excluding hydrogens is 244 g/mol. The van der Waals surface area contributed by atoms with Gasteiger partial charge >= 0.3 is 0 Å². The predicted molar refractivity (Wildman–Crippen MR) is 58.7 cm³/mol. The molecular formula is C10H11BrN2O. The van der Waals surface area contributed by atoms with Crippen molar-refractivity contribution in [2.24, 2.45) is 0 Å². The van der Waals surface area contributed by atoms with Crippen molar-refractivity contribution in [2.75, 3.05) is 12.0 Å². The summed E-state index contributed by atoms with van der Waals surface area (Å²) >= 11 is 3.38. The topological polar surface area (TPSA) is 32.3 Å². The maximum absolute atomic E-state index is 11.3. The Labute approximate surface area is 91.2 Å². The fourth-order valence-electron chi connectivity index (χ4n) is 1.48. The van der Waals surface area contributed by atoms with Gasteiger partial charge in [-0.05, 0) is 24.6 Å². The molecule has 1 saturated heterocycles. The summed E-state index contributed by atoms with van der Waals surface area (Å²) in [6.45, 7) is 0.797. The van der Waals surface area contributed by atoms with E-state index in [1.807, 2.05) is 24.3 Å². The van der Waals surface area contributed by atoms with Gasteiger partial charge in [-0.1, -0.05) is 22.0 Å². The number of carbonyl (C=O) groups is 1. The minimum absolute atomic E-state index is 0.171. The van der Waals surface area contributed by atoms with Crippen molar-refractivity contribution < 1.29 is 4.79 Å². The fraction of sp³-hybridized carbons (Fsp3) is 0.300. The van der Waals surface area contributed by atoms with Gasteiger partial charge in [-0.15, -0.1) is 0 Å². The van der Waals surface area contributed by atoms with Crippen LogP contribution in [0.15, 0.2) is 28.7 Å². The summed E-state index contributed by atoms with van der Waals surface area (Å²) in [5, 5.41) is 1.67. The van der Waals surface area contributed by atoms with Crippen LogP contribution in [0.25, 0.3) is 0 Å². The first kappa shape index (κ1) is 9.52. The summed E-state index contributed by atoms with van der Waals surface area (Å²) in [6, 6.07) is 7.78. The lowest BCUT2D eigenvalue weighted by Crippen LogP contribution is -2.30. The summed E-state index contributed by atoms with van der Waals surface area (Å²) in [5.74, 6) is 0.171. The van der Waals surface area contributed by atoms with Crippen molar-refractivity contribution in [1.29, 1.82) is 0 Å². The number of benzene rings is 1. The summed E-state index contributed by atoms with van der Waals surface area (Å²) in [6.07, 6.45) is 1.60. The number of rotatable bonds is 2. The summed E-state index contributed by atoms with van der Waals surface area (Å²) in [7, 11) is 0. The molecule has 0 saturated carbocycles. The van der Waals surface area contributed by atoms with Crippen LogP contribution in [-0.4, -0.2) is 17.5 Å². The molecule has 0 radical (unpaired) electrons. The van der Waals surface area contributed by atoms with Crippen LogP contribution in [0.1, 0.15) is 12.8 Å². The monoisotopic (exact) mass is 254 g/mol. The number of hydrazine groups is 1. The predicted octanol–water partition coefficient (Wildman–Crippen LogP) is 2.40. The number of nitrogens with one attached hydrogen (secondary N) is 1. The molecule has 0 unspecified atom stereocenters. The lowest BCUT2D eigenvalue weighted by Gasteiger charge is -2.18. The van der Waals surface area contributed by atoms with Gasteiger partial charge in [-0.2, -0.15) is 0 Å². The van der Waals surface area contributed by atoms with E-state index in [1.165, 1.54) is 0 Å². The molecule has 14 heavy (non-hydrogen) atoms. The zero-order valence-corrected chi connectivity index (χ0v) is 9.25. The molecule has 1 N–H and O–H groups in total. The van der Waals surface area contributed by atoms with E-state index < -0.39 is 0 Å². The molecule has 4 heteroatoms. The van der Waals surface area contributed by atoms with Crippen LogP contribution >= 0.6 is 15.9 Å². The maximum atomic E-state index is 11.3. The third-order valence-corrected chi connectivity index (χ3v) is 2.66. The van der Waals surface area contributed by atoms with Crippen molar-refractivity contribution in [1.82, 2.24) is 5.01 Å². The Bertz CT molecular complexity index is 354. The molecule has 2 rings (SSSR count). The second kappa shape index (κ2) is 4.00. The average Bonchev–Trinajstić information content (AvgIpc) is 2.52. The Morgan fingerprint density at radius 2 is 2.29 bits per heavy atom. The molecule has 1 aliphatic heterocycles. The summed E-state index contributed by atoms with van der Waals surface area (Å²) in [4.78, 5) is 11.3. The van der Waals surface area contributed by atoms with Crippen LogP contribution in [0.3, 0.4) is 0 Å². The molecule has 1 heterocycles. The molecule has 1 aromatic rings. The first-order valence-corrected chi connectivity index (χ1v) is 5.37. The van der Waals surface area contributed by atoms with Gasteiger partial charge < -0.3 is 0 Å². The molecule has 0 aliphatic carbocycles. The van der Waals surface area contributed by atoms with Crippen LogP contribution < -0.4 is 5.43 Å². The smallest absolute Gasteiger partial charge is 0.240 e. The van der Waals surface area contributed by atoms with Gasteiger partial charge in [0, 0.05) is 17.4 Å². The number of halogens is 1. The molecule has 0 bridgehead atoms. The van der Waals surface area contributed by atoms with Crippen molar-refractivity contribution in [2.45, 2.75) is 12.8 Å². The highest BCUT2D eigenvalue weighted by molar-refractivity contribution is 9.10. The van der Waals surface area contributed by atoms with Gasteiger partial charge in [0.2, 0.25) is 5.91 Å². The van der Waals surface area contributed by atoms with Crippen LogP contribution in [0.4, 0.5) is 5.69 Å². The third kappa shape index (κ3) is 2.07. The van der Waals surface area contributed by atoms with E-state index in [2.05, 4.69) is 21.4 Å². The zero-order valence-electron chi connectivity index (χ0n) is 7.66. The van der Waals surface area contributed by atoms with Gasteiger partial charge in [0.1, 0.15) is 0 Å². The van der Waals surface area contributed by atoms with Crippen molar-refractivity contribution in [3.63, 3.8) is 0 Å². The highest BCUT2D eigenvalue weighted by Gasteiger charge is 2.19. The number of anilines is 1. The minimum atomic E-state index is 0.171. The van der Waals surface area contributed by atoms with E-state index in [4.69, 9.17) is 0 Å². The second-order valence-electron chi connectivity index (χ2n) is 3.27. The summed E-state index contributed by atoms with van der Waals surface area (Å²) < 4.78 is 1.01. The highest BCUT2D eigenvalue weighted by atomic mass is 79.9. The van der Waals surface area contributed by atoms with Gasteiger partial charge in [-0.25, -0.2) is 0 Å². The van der Waals surface area contributed by atoms with Crippen LogP contribution in [-0.2, 0) is 4.79 Å². The van der Waals surface area contributed by atoms with Crippen molar-refractivity contribution in [3.8, 4) is 0 Å². The van der Waals surface area contributed by atoms with Crippen LogP contribution in [0.2, 0.25) is 0 Å². The molecule has 1 amide bonds. The third-order valence-electron chi connectivity index (χ3n) is 2.16. The molecule has 0 aromatic heterocycles. The lowest BCUT2D eigenvalue weighted by molar-refractivity contribution is -0.126. The normalized spacial score (nSPS) is 16.1. The Morgan fingerprint density at radius 3 is 2.93 bits per heavy atom. The van der Waals surface area contributed by atoms with Gasteiger partial charge in [0.05, 0.1) is 5.69 Å². The molecule has 1 aliphatic rings. The van der Waals surface area contributed by atoms with Crippen molar-refractivity contribution in [3.05, 3.63) is 28.7 Å². The van der Waals surface area contributed by atoms with E-state index in [9.17, 15) is 4.79 Å². The molecule has 3 nitrogen and oxygen atoms in total. The number of amides is 1. The fourth-order valence-corrected chi connectivity index (χ4v) is 1.88. The lowest BCUT2D eigenvalue weighted by atomic mass is 10.3. The van der Waals surface area contributed by atoms with E-state index >= 15 is 0 Å². The standard InChI is InChI=1S/C10H11BrN2O/c11-8-3-1-4-9(7-8)12-13-6-2-5-10(13)14/h1,3-4,7,12H,2,5-6H2. The van der Waals surface area contributed by atoms with Gasteiger partial charge in [0.25, 0.3) is 0 Å². The van der Waals surface area contributed by atoms with E-state index in [1.54, 1.807) is 5.01 Å². The number of hydrogen-bond donors (Lipinski definition) is 1. The van der Waals surface area contributed by atoms with E-state index in [0.29, 0.717) is 6.42 Å². The Balaban J connectivity index is 2.07. The number of carbonyl (C=O) groups excluding carboxylic acids is 1. The van der Waals surface area contributed by atoms with Crippen molar-refractivity contribution >= 4 is 27.5 Å².